The van der Waals surface area contributed by atoms with E-state index in [1.54, 1.807) is 11.8 Å². The molecule has 0 rings (SSSR count). The fourth-order valence-electron chi connectivity index (χ4n) is 0.713. The summed E-state index contributed by atoms with van der Waals surface area (Å²) in [6.45, 7) is 1.09. The van der Waals surface area contributed by atoms with E-state index in [2.05, 4.69) is 24.0 Å². The lowest BCUT2D eigenvalue weighted by Gasteiger charge is -2.15. The van der Waals surface area contributed by atoms with Crippen LogP contribution in [-0.2, 0) is 0 Å². The predicted molar refractivity (Wildman–Crippen MR) is 78.7 cm³/mol. The van der Waals surface area contributed by atoms with Crippen molar-refractivity contribution in [3.05, 3.63) is 0 Å². The van der Waals surface area contributed by atoms with Gasteiger partial charge in [-0.3, -0.25) is 4.99 Å². The molecule has 0 N–H and O–H groups in total. The molecule has 0 atom stereocenters. The highest BCUT2D eigenvalue weighted by atomic mass is 79.9. The molecule has 3 nitrogen and oxygen atoms in total. The summed E-state index contributed by atoms with van der Waals surface area (Å²) in [6.07, 6.45) is 0. The molecule has 0 aliphatic carbocycles. The molecule has 0 radical (unpaired) electrons. The lowest BCUT2D eigenvalue weighted by atomic mass is 10.7. The first-order chi connectivity index (χ1) is 5.57. The number of halogens is 2. The Hall–Kier alpha value is 0.740. The first-order valence-electron chi connectivity index (χ1n) is 3.99. The molecular weight excluding hydrogens is 330 g/mol. The van der Waals surface area contributed by atoms with Crippen LogP contribution in [-0.4, -0.2) is 62.5 Å². The van der Waals surface area contributed by atoms with E-state index in [1.165, 1.54) is 0 Å². The SMILES string of the molecule is Br.Br.CN=C(SCCN(C)C)N(C)C. The topological polar surface area (TPSA) is 18.8 Å². The third kappa shape index (κ3) is 10.8. The number of hydrogen-bond donors (Lipinski definition) is 0. The van der Waals surface area contributed by atoms with Crippen molar-refractivity contribution in [1.29, 1.82) is 0 Å². The normalized spacial score (nSPS) is 10.6. The first-order valence-corrected chi connectivity index (χ1v) is 4.98. The molecule has 0 aromatic carbocycles. The summed E-state index contributed by atoms with van der Waals surface area (Å²) in [5, 5.41) is 1.09. The van der Waals surface area contributed by atoms with Crippen molar-refractivity contribution < 1.29 is 0 Å². The molecule has 6 heteroatoms. The van der Waals surface area contributed by atoms with Gasteiger partial charge in [-0.2, -0.15) is 0 Å². The van der Waals surface area contributed by atoms with Crippen LogP contribution in [0.3, 0.4) is 0 Å². The van der Waals surface area contributed by atoms with Crippen molar-refractivity contribution in [2.45, 2.75) is 0 Å². The summed E-state index contributed by atoms with van der Waals surface area (Å²) >= 11 is 1.79. The molecule has 0 unspecified atom stereocenters. The van der Waals surface area contributed by atoms with Crippen LogP contribution in [0.15, 0.2) is 4.99 Å². The number of hydrogen-bond acceptors (Lipinski definition) is 3. The van der Waals surface area contributed by atoms with E-state index in [1.807, 2.05) is 26.0 Å². The summed E-state index contributed by atoms with van der Waals surface area (Å²) in [7, 11) is 10.0. The molecule has 0 fully saturated rings. The van der Waals surface area contributed by atoms with Crippen molar-refractivity contribution in [1.82, 2.24) is 9.80 Å². The van der Waals surface area contributed by atoms with Crippen molar-refractivity contribution in [2.75, 3.05) is 47.5 Å². The second-order valence-electron chi connectivity index (χ2n) is 3.05. The van der Waals surface area contributed by atoms with Gasteiger partial charge >= 0.3 is 0 Å². The van der Waals surface area contributed by atoms with E-state index in [-0.39, 0.29) is 34.0 Å². The van der Waals surface area contributed by atoms with Gasteiger partial charge in [-0.1, -0.05) is 11.8 Å². The van der Waals surface area contributed by atoms with E-state index in [4.69, 9.17) is 0 Å². The highest BCUT2D eigenvalue weighted by Crippen LogP contribution is 2.05. The minimum absolute atomic E-state index is 0. The molecule has 88 valence electrons. The zero-order valence-electron chi connectivity index (χ0n) is 9.48. The van der Waals surface area contributed by atoms with Crippen molar-refractivity contribution in [3.63, 3.8) is 0 Å². The number of amidine groups is 1. The molecule has 0 aliphatic rings. The van der Waals surface area contributed by atoms with Crippen LogP contribution in [0.2, 0.25) is 0 Å². The lowest BCUT2D eigenvalue weighted by molar-refractivity contribution is 0.437. The molecule has 0 saturated heterocycles. The molecular formula is C8H21Br2N3S. The van der Waals surface area contributed by atoms with Gasteiger partial charge in [0.2, 0.25) is 0 Å². The number of thioether (sulfide) groups is 1. The maximum Gasteiger partial charge on any atom is 0.158 e. The second kappa shape index (κ2) is 11.8. The quantitative estimate of drug-likeness (QED) is 0.573. The Bertz CT molecular complexity index is 152. The van der Waals surface area contributed by atoms with E-state index < -0.39 is 0 Å². The van der Waals surface area contributed by atoms with Crippen molar-refractivity contribution in [3.8, 4) is 0 Å². The largest absolute Gasteiger partial charge is 0.358 e. The smallest absolute Gasteiger partial charge is 0.158 e. The maximum absolute atomic E-state index is 4.17. The van der Waals surface area contributed by atoms with Gasteiger partial charge in [0.15, 0.2) is 5.17 Å². The number of nitrogens with zero attached hydrogens (tertiary/aromatic N) is 3. The summed E-state index contributed by atoms with van der Waals surface area (Å²) in [5.74, 6) is 1.10. The Balaban J connectivity index is -0.000000605. The van der Waals surface area contributed by atoms with Crippen LogP contribution in [0.25, 0.3) is 0 Å². The van der Waals surface area contributed by atoms with Crippen LogP contribution >= 0.6 is 45.7 Å². The Labute approximate surface area is 113 Å². The first kappa shape index (κ1) is 20.2. The molecule has 0 saturated carbocycles. The Kier molecular flexibility index (Phi) is 17.0. The van der Waals surface area contributed by atoms with E-state index in [0.29, 0.717) is 0 Å². The minimum Gasteiger partial charge on any atom is -0.358 e. The fourth-order valence-corrected chi connectivity index (χ4v) is 1.74. The van der Waals surface area contributed by atoms with Crippen LogP contribution in [0.5, 0.6) is 0 Å². The van der Waals surface area contributed by atoms with Crippen LogP contribution in [0.1, 0.15) is 0 Å². The molecule has 0 aliphatic heterocycles. The third-order valence-electron chi connectivity index (χ3n) is 1.34. The van der Waals surface area contributed by atoms with Crippen molar-refractivity contribution >= 4 is 50.9 Å². The van der Waals surface area contributed by atoms with Gasteiger partial charge in [0.1, 0.15) is 0 Å². The lowest BCUT2D eigenvalue weighted by Crippen LogP contribution is -2.21. The monoisotopic (exact) mass is 349 g/mol. The average Bonchev–Trinajstić information content (AvgIpc) is 1.96. The number of rotatable bonds is 3. The van der Waals surface area contributed by atoms with Gasteiger partial charge in [0.05, 0.1) is 0 Å². The highest BCUT2D eigenvalue weighted by molar-refractivity contribution is 8.93. The summed E-state index contributed by atoms with van der Waals surface area (Å²) in [4.78, 5) is 8.39. The Morgan fingerprint density at radius 3 is 1.93 bits per heavy atom. The average molecular weight is 351 g/mol. The van der Waals surface area contributed by atoms with Crippen LogP contribution < -0.4 is 0 Å². The van der Waals surface area contributed by atoms with Gasteiger partial charge in [-0.05, 0) is 14.1 Å². The maximum atomic E-state index is 4.17. The fraction of sp³-hybridized carbons (Fsp3) is 0.875. The predicted octanol–water partition coefficient (Wildman–Crippen LogP) is 1.98. The molecule has 0 bridgehead atoms. The Morgan fingerprint density at radius 2 is 1.64 bits per heavy atom. The third-order valence-corrected chi connectivity index (χ3v) is 2.54. The summed E-state index contributed by atoms with van der Waals surface area (Å²) < 4.78 is 0. The van der Waals surface area contributed by atoms with Gasteiger partial charge in [-0.25, -0.2) is 0 Å². The summed E-state index contributed by atoms with van der Waals surface area (Å²) in [5.41, 5.74) is 0. The van der Waals surface area contributed by atoms with Crippen molar-refractivity contribution in [2.24, 2.45) is 4.99 Å². The van der Waals surface area contributed by atoms with Gasteiger partial charge < -0.3 is 9.80 Å². The van der Waals surface area contributed by atoms with Gasteiger partial charge in [0, 0.05) is 33.4 Å². The van der Waals surface area contributed by atoms with Crippen LogP contribution in [0, 0.1) is 0 Å². The zero-order valence-corrected chi connectivity index (χ0v) is 13.7. The van der Waals surface area contributed by atoms with Gasteiger partial charge in [0.25, 0.3) is 0 Å². The molecule has 14 heavy (non-hydrogen) atoms. The molecule has 0 heterocycles. The van der Waals surface area contributed by atoms with E-state index in [0.717, 1.165) is 17.5 Å². The standard InChI is InChI=1S/C8H19N3S.2BrH/c1-9-8(11(4)5)12-7-6-10(2)3;;/h6-7H2,1-5H3;2*1H. The minimum atomic E-state index is 0. The number of aliphatic imine (C=N–C) groups is 1. The second-order valence-corrected chi connectivity index (χ2v) is 4.11. The molecule has 0 amide bonds. The Morgan fingerprint density at radius 1 is 1.14 bits per heavy atom. The molecule has 0 aromatic rings. The highest BCUT2D eigenvalue weighted by Gasteiger charge is 2.00. The molecule has 0 aromatic heterocycles. The zero-order chi connectivity index (χ0) is 9.56. The molecule has 0 spiro atoms. The van der Waals surface area contributed by atoms with Gasteiger partial charge in [-0.15, -0.1) is 34.0 Å². The van der Waals surface area contributed by atoms with E-state index in [9.17, 15) is 0 Å². The van der Waals surface area contributed by atoms with E-state index >= 15 is 0 Å². The van der Waals surface area contributed by atoms with Crippen LogP contribution in [0.4, 0.5) is 0 Å². The summed E-state index contributed by atoms with van der Waals surface area (Å²) in [6, 6.07) is 0.